The topological polar surface area (TPSA) is 69.6 Å². The molecule has 2 atom stereocenters. The predicted octanol–water partition coefficient (Wildman–Crippen LogP) is 1.79. The third-order valence-corrected chi connectivity index (χ3v) is 5.31. The maximum absolute atomic E-state index is 13.0. The lowest BCUT2D eigenvalue weighted by atomic mass is 9.86. The van der Waals surface area contributed by atoms with Crippen LogP contribution >= 0.6 is 11.8 Å². The average Bonchev–Trinajstić information content (AvgIpc) is 3.04. The van der Waals surface area contributed by atoms with Gasteiger partial charge in [-0.25, -0.2) is 4.79 Å². The van der Waals surface area contributed by atoms with E-state index in [4.69, 9.17) is 5.11 Å². The van der Waals surface area contributed by atoms with Gasteiger partial charge in [0, 0.05) is 19.6 Å². The summed E-state index contributed by atoms with van der Waals surface area (Å²) in [5.74, 6) is 0.383. The van der Waals surface area contributed by atoms with Crippen LogP contribution in [-0.4, -0.2) is 59.3 Å². The molecule has 2 N–H and O–H groups in total. The number of rotatable bonds is 3. The van der Waals surface area contributed by atoms with Crippen LogP contribution in [0.25, 0.3) is 0 Å². The Bertz CT molecular complexity index is 426. The lowest BCUT2D eigenvalue weighted by molar-refractivity contribution is -0.226. The number of halogens is 3. The monoisotopic (exact) mass is 326 g/mol. The molecule has 2 aliphatic rings. The minimum absolute atomic E-state index is 0.197. The van der Waals surface area contributed by atoms with E-state index in [0.717, 1.165) is 22.8 Å². The molecule has 120 valence electrons. The number of nitrogens with one attached hydrogen (secondary N) is 1. The van der Waals surface area contributed by atoms with Crippen LogP contribution in [0.3, 0.4) is 0 Å². The zero-order valence-electron chi connectivity index (χ0n) is 11.3. The number of thioether (sulfide) groups is 1. The van der Waals surface area contributed by atoms with Gasteiger partial charge in [0.2, 0.25) is 0 Å². The standard InChI is InChI=1S/C12H17F3N2O3S/c13-12(14,15)11(9(18)19)2-3-17(7-11)10(20)16-5-8-1-4-21-6-8/h8H,1-7H2,(H,16,20)(H,18,19). The molecule has 2 fully saturated rings. The van der Waals surface area contributed by atoms with Gasteiger partial charge in [-0.05, 0) is 30.3 Å². The van der Waals surface area contributed by atoms with E-state index in [-0.39, 0.29) is 6.54 Å². The number of carbonyl (C=O) groups excluding carboxylic acids is 1. The molecule has 2 saturated heterocycles. The van der Waals surface area contributed by atoms with Crippen LogP contribution in [0.15, 0.2) is 0 Å². The second-order valence-electron chi connectivity index (χ2n) is 5.47. The third kappa shape index (κ3) is 3.22. The number of carboxylic acid groups (broad SMARTS) is 1. The molecule has 0 aromatic carbocycles. The van der Waals surface area contributed by atoms with Crippen LogP contribution in [-0.2, 0) is 4.79 Å². The molecule has 0 spiro atoms. The largest absolute Gasteiger partial charge is 0.481 e. The third-order valence-electron chi connectivity index (χ3n) is 4.07. The van der Waals surface area contributed by atoms with E-state index in [0.29, 0.717) is 12.5 Å². The quantitative estimate of drug-likeness (QED) is 0.830. The minimum Gasteiger partial charge on any atom is -0.481 e. The van der Waals surface area contributed by atoms with Crippen LogP contribution < -0.4 is 5.32 Å². The van der Waals surface area contributed by atoms with Crippen molar-refractivity contribution in [2.24, 2.45) is 11.3 Å². The summed E-state index contributed by atoms with van der Waals surface area (Å²) in [6, 6.07) is -0.612. The van der Waals surface area contributed by atoms with Gasteiger partial charge in [-0.15, -0.1) is 0 Å². The van der Waals surface area contributed by atoms with Gasteiger partial charge >= 0.3 is 18.2 Å². The first-order valence-corrected chi connectivity index (χ1v) is 7.82. The highest BCUT2D eigenvalue weighted by Crippen LogP contribution is 2.45. The van der Waals surface area contributed by atoms with E-state index in [1.807, 2.05) is 0 Å². The molecule has 21 heavy (non-hydrogen) atoms. The van der Waals surface area contributed by atoms with Gasteiger partial charge in [0.05, 0.1) is 0 Å². The number of hydrogen-bond donors (Lipinski definition) is 2. The second kappa shape index (κ2) is 5.94. The molecule has 2 aliphatic heterocycles. The zero-order chi connectivity index (χ0) is 15.7. The number of alkyl halides is 3. The highest BCUT2D eigenvalue weighted by Gasteiger charge is 2.64. The van der Waals surface area contributed by atoms with Gasteiger partial charge in [-0.3, -0.25) is 4.79 Å². The van der Waals surface area contributed by atoms with Crippen molar-refractivity contribution in [3.63, 3.8) is 0 Å². The van der Waals surface area contributed by atoms with Gasteiger partial charge in [0.25, 0.3) is 0 Å². The van der Waals surface area contributed by atoms with E-state index in [1.54, 1.807) is 11.8 Å². The molecule has 0 bridgehead atoms. The number of likely N-dealkylation sites (tertiary alicyclic amines) is 1. The Labute approximate surface area is 124 Å². The lowest BCUT2D eigenvalue weighted by Crippen LogP contribution is -2.49. The zero-order valence-corrected chi connectivity index (χ0v) is 12.1. The summed E-state index contributed by atoms with van der Waals surface area (Å²) in [6.45, 7) is -0.595. The van der Waals surface area contributed by atoms with Crippen molar-refractivity contribution in [2.75, 3.05) is 31.1 Å². The molecular formula is C12H17F3N2O3S. The van der Waals surface area contributed by atoms with Crippen molar-refractivity contribution >= 4 is 23.8 Å². The summed E-state index contributed by atoms with van der Waals surface area (Å²) in [4.78, 5) is 23.9. The number of carbonyl (C=O) groups is 2. The molecule has 5 nitrogen and oxygen atoms in total. The summed E-state index contributed by atoms with van der Waals surface area (Å²) in [5, 5.41) is 11.5. The first-order valence-electron chi connectivity index (χ1n) is 6.67. The van der Waals surface area contributed by atoms with Crippen LogP contribution in [0.2, 0.25) is 0 Å². The van der Waals surface area contributed by atoms with Crippen molar-refractivity contribution in [1.82, 2.24) is 10.2 Å². The van der Waals surface area contributed by atoms with Crippen molar-refractivity contribution in [2.45, 2.75) is 19.0 Å². The first kappa shape index (κ1) is 16.3. The summed E-state index contributed by atoms with van der Waals surface area (Å²) < 4.78 is 39.0. The Balaban J connectivity index is 1.93. The molecule has 2 unspecified atom stereocenters. The van der Waals surface area contributed by atoms with E-state index in [2.05, 4.69) is 5.32 Å². The number of nitrogens with zero attached hydrogens (tertiary/aromatic N) is 1. The van der Waals surface area contributed by atoms with Crippen molar-refractivity contribution in [3.05, 3.63) is 0 Å². The highest BCUT2D eigenvalue weighted by atomic mass is 32.2. The van der Waals surface area contributed by atoms with E-state index in [9.17, 15) is 22.8 Å². The number of urea groups is 1. The highest BCUT2D eigenvalue weighted by molar-refractivity contribution is 7.99. The molecule has 2 heterocycles. The Morgan fingerprint density at radius 3 is 2.62 bits per heavy atom. The Morgan fingerprint density at radius 1 is 1.43 bits per heavy atom. The molecule has 0 aliphatic carbocycles. The summed E-state index contributed by atoms with van der Waals surface area (Å²) in [6.07, 6.45) is -4.49. The number of aliphatic carboxylic acids is 1. The molecule has 2 amide bonds. The molecule has 2 rings (SSSR count). The average molecular weight is 326 g/mol. The van der Waals surface area contributed by atoms with Crippen LogP contribution in [0.1, 0.15) is 12.8 Å². The van der Waals surface area contributed by atoms with Crippen LogP contribution in [0, 0.1) is 11.3 Å². The Hall–Kier alpha value is -1.12. The fraction of sp³-hybridized carbons (Fsp3) is 0.833. The Morgan fingerprint density at radius 2 is 2.14 bits per heavy atom. The summed E-state index contributed by atoms with van der Waals surface area (Å²) in [5.41, 5.74) is -2.84. The van der Waals surface area contributed by atoms with Crippen molar-refractivity contribution in [3.8, 4) is 0 Å². The fourth-order valence-corrected chi connectivity index (χ4v) is 3.88. The lowest BCUT2D eigenvalue weighted by Gasteiger charge is -2.27. The summed E-state index contributed by atoms with van der Waals surface area (Å²) >= 11 is 1.78. The molecule has 0 aromatic rings. The molecule has 0 saturated carbocycles. The Kier molecular flexibility index (Phi) is 4.60. The van der Waals surface area contributed by atoms with E-state index >= 15 is 0 Å². The van der Waals surface area contributed by atoms with Crippen LogP contribution in [0.4, 0.5) is 18.0 Å². The maximum atomic E-state index is 13.0. The van der Waals surface area contributed by atoms with Crippen molar-refractivity contribution < 1.29 is 27.9 Å². The maximum Gasteiger partial charge on any atom is 0.406 e. The predicted molar refractivity (Wildman–Crippen MR) is 71.1 cm³/mol. The molecular weight excluding hydrogens is 309 g/mol. The van der Waals surface area contributed by atoms with Gasteiger partial charge in [-0.2, -0.15) is 24.9 Å². The molecule has 0 radical (unpaired) electrons. The van der Waals surface area contributed by atoms with Gasteiger partial charge < -0.3 is 15.3 Å². The first-order chi connectivity index (χ1) is 9.76. The smallest absolute Gasteiger partial charge is 0.406 e. The van der Waals surface area contributed by atoms with Gasteiger partial charge in [-0.1, -0.05) is 0 Å². The molecule has 9 heteroatoms. The van der Waals surface area contributed by atoms with E-state index in [1.165, 1.54) is 0 Å². The van der Waals surface area contributed by atoms with Gasteiger partial charge in [0.15, 0.2) is 5.41 Å². The number of carboxylic acids is 1. The SMILES string of the molecule is O=C(NCC1CCSC1)N1CCC(C(=O)O)(C(F)(F)F)C1. The fourth-order valence-electron chi connectivity index (χ4n) is 2.60. The van der Waals surface area contributed by atoms with Gasteiger partial charge in [0.1, 0.15) is 0 Å². The minimum atomic E-state index is -4.87. The molecule has 0 aromatic heterocycles. The van der Waals surface area contributed by atoms with Crippen LogP contribution in [0.5, 0.6) is 0 Å². The number of amides is 2. The second-order valence-corrected chi connectivity index (χ2v) is 6.62. The number of hydrogen-bond acceptors (Lipinski definition) is 3. The van der Waals surface area contributed by atoms with Crippen molar-refractivity contribution in [1.29, 1.82) is 0 Å². The normalized spacial score (nSPS) is 29.7. The summed E-state index contributed by atoms with van der Waals surface area (Å²) in [7, 11) is 0. The van der Waals surface area contributed by atoms with E-state index < -0.39 is 36.6 Å².